The maximum atomic E-state index is 11.5. The minimum Gasteiger partial charge on any atom is -0.484 e. The number of benzene rings is 1. The summed E-state index contributed by atoms with van der Waals surface area (Å²) in [5, 5.41) is 2.76. The molecule has 0 heterocycles. The first-order valence-corrected chi connectivity index (χ1v) is 6.37. The van der Waals surface area contributed by atoms with Crippen molar-refractivity contribution in [1.82, 2.24) is 5.32 Å². The molecule has 0 radical (unpaired) electrons. The van der Waals surface area contributed by atoms with Crippen molar-refractivity contribution in [1.29, 1.82) is 0 Å². The molecule has 0 aliphatic heterocycles. The summed E-state index contributed by atoms with van der Waals surface area (Å²) in [6, 6.07) is 7.41. The first-order chi connectivity index (χ1) is 9.13. The summed E-state index contributed by atoms with van der Waals surface area (Å²) < 4.78 is 10.3. The zero-order valence-corrected chi connectivity index (χ0v) is 11.5. The highest BCUT2D eigenvalue weighted by Gasteiger charge is 2.04. The number of ether oxygens (including phenoxy) is 2. The lowest BCUT2D eigenvalue weighted by Gasteiger charge is -2.10. The Morgan fingerprint density at radius 2 is 2.26 bits per heavy atom. The Morgan fingerprint density at radius 1 is 1.47 bits per heavy atom. The van der Waals surface area contributed by atoms with Gasteiger partial charge in [0.05, 0.1) is 0 Å². The Morgan fingerprint density at radius 3 is 2.95 bits per heavy atom. The zero-order chi connectivity index (χ0) is 14.1. The lowest BCUT2D eigenvalue weighted by atomic mass is 10.1. The van der Waals surface area contributed by atoms with Gasteiger partial charge in [-0.3, -0.25) is 4.79 Å². The average Bonchev–Trinajstić information content (AvgIpc) is 2.41. The molecule has 0 aliphatic carbocycles. The fourth-order valence-electron chi connectivity index (χ4n) is 1.53. The third kappa shape index (κ3) is 6.22. The monoisotopic (exact) mass is 266 g/mol. The summed E-state index contributed by atoms with van der Waals surface area (Å²) in [4.78, 5) is 11.5. The Kier molecular flexibility index (Phi) is 6.92. The van der Waals surface area contributed by atoms with Crippen molar-refractivity contribution in [2.75, 3.05) is 26.9 Å². The SMILES string of the molecule is COCCCNC(=O)COc1cccc([C@@H](C)N)c1. The molecule has 0 saturated carbocycles. The van der Waals surface area contributed by atoms with Crippen LogP contribution in [0.3, 0.4) is 0 Å². The van der Waals surface area contributed by atoms with E-state index in [0.29, 0.717) is 18.9 Å². The van der Waals surface area contributed by atoms with E-state index in [2.05, 4.69) is 5.32 Å². The fourth-order valence-corrected chi connectivity index (χ4v) is 1.53. The van der Waals surface area contributed by atoms with Gasteiger partial charge in [0.15, 0.2) is 6.61 Å². The average molecular weight is 266 g/mol. The van der Waals surface area contributed by atoms with Gasteiger partial charge in [-0.1, -0.05) is 12.1 Å². The van der Waals surface area contributed by atoms with Crippen molar-refractivity contribution >= 4 is 5.91 Å². The van der Waals surface area contributed by atoms with E-state index in [1.807, 2.05) is 31.2 Å². The third-order valence-electron chi connectivity index (χ3n) is 2.60. The van der Waals surface area contributed by atoms with Gasteiger partial charge in [0.25, 0.3) is 5.91 Å². The standard InChI is InChI=1S/C14H22N2O3/c1-11(15)12-5-3-6-13(9-12)19-10-14(17)16-7-4-8-18-2/h3,5-6,9,11H,4,7-8,10,15H2,1-2H3,(H,16,17)/t11-/m1/s1. The van der Waals surface area contributed by atoms with Gasteiger partial charge in [0.2, 0.25) is 0 Å². The number of hydrogen-bond donors (Lipinski definition) is 2. The molecule has 0 spiro atoms. The highest BCUT2D eigenvalue weighted by atomic mass is 16.5. The molecule has 0 aliphatic rings. The minimum atomic E-state index is -0.137. The predicted molar refractivity (Wildman–Crippen MR) is 74.0 cm³/mol. The molecule has 0 unspecified atom stereocenters. The van der Waals surface area contributed by atoms with Gasteiger partial charge in [-0.15, -0.1) is 0 Å². The van der Waals surface area contributed by atoms with E-state index < -0.39 is 0 Å². The first kappa shape index (κ1) is 15.5. The number of carbonyl (C=O) groups excluding carboxylic acids is 1. The normalized spacial score (nSPS) is 11.9. The van der Waals surface area contributed by atoms with Crippen molar-refractivity contribution in [3.8, 4) is 5.75 Å². The molecule has 1 aromatic rings. The summed E-state index contributed by atoms with van der Waals surface area (Å²) in [5.74, 6) is 0.518. The third-order valence-corrected chi connectivity index (χ3v) is 2.60. The second-order valence-corrected chi connectivity index (χ2v) is 4.35. The molecule has 5 heteroatoms. The molecular formula is C14H22N2O3. The molecule has 3 N–H and O–H groups in total. The molecule has 0 bridgehead atoms. The Balaban J connectivity index is 2.31. The summed E-state index contributed by atoms with van der Waals surface area (Å²) >= 11 is 0. The van der Waals surface area contributed by atoms with Crippen LogP contribution in [0.25, 0.3) is 0 Å². The molecular weight excluding hydrogens is 244 g/mol. The molecule has 1 amide bonds. The van der Waals surface area contributed by atoms with Crippen LogP contribution in [0.1, 0.15) is 24.9 Å². The molecule has 106 valence electrons. The summed E-state index contributed by atoms with van der Waals surface area (Å²) in [6.45, 7) is 3.14. The van der Waals surface area contributed by atoms with E-state index in [4.69, 9.17) is 15.2 Å². The van der Waals surface area contributed by atoms with Crippen molar-refractivity contribution in [2.24, 2.45) is 5.73 Å². The molecule has 0 saturated heterocycles. The quantitative estimate of drug-likeness (QED) is 0.694. The maximum Gasteiger partial charge on any atom is 0.257 e. The highest BCUT2D eigenvalue weighted by Crippen LogP contribution is 2.17. The van der Waals surface area contributed by atoms with E-state index in [1.54, 1.807) is 7.11 Å². The van der Waals surface area contributed by atoms with Gasteiger partial charge in [0.1, 0.15) is 5.75 Å². The van der Waals surface area contributed by atoms with Gasteiger partial charge in [-0.25, -0.2) is 0 Å². The lowest BCUT2D eigenvalue weighted by Crippen LogP contribution is -2.30. The van der Waals surface area contributed by atoms with Gasteiger partial charge in [0, 0.05) is 26.3 Å². The Labute approximate surface area is 114 Å². The second-order valence-electron chi connectivity index (χ2n) is 4.35. The molecule has 1 aromatic carbocycles. The van der Waals surface area contributed by atoms with Crippen molar-refractivity contribution in [3.05, 3.63) is 29.8 Å². The van der Waals surface area contributed by atoms with Gasteiger partial charge >= 0.3 is 0 Å². The van der Waals surface area contributed by atoms with Gasteiger partial charge in [-0.2, -0.15) is 0 Å². The number of amides is 1. The predicted octanol–water partition coefficient (Wildman–Crippen LogP) is 1.24. The largest absolute Gasteiger partial charge is 0.484 e. The summed E-state index contributed by atoms with van der Waals surface area (Å²) in [5.41, 5.74) is 6.77. The Bertz CT molecular complexity index is 394. The first-order valence-electron chi connectivity index (χ1n) is 6.37. The number of carbonyl (C=O) groups is 1. The smallest absolute Gasteiger partial charge is 0.257 e. The fraction of sp³-hybridized carbons (Fsp3) is 0.500. The molecule has 0 fully saturated rings. The van der Waals surface area contributed by atoms with E-state index >= 15 is 0 Å². The summed E-state index contributed by atoms with van der Waals surface area (Å²) in [7, 11) is 1.64. The van der Waals surface area contributed by atoms with Crippen LogP contribution in [-0.4, -0.2) is 32.8 Å². The van der Waals surface area contributed by atoms with Crippen molar-refractivity contribution in [3.63, 3.8) is 0 Å². The molecule has 19 heavy (non-hydrogen) atoms. The number of hydrogen-bond acceptors (Lipinski definition) is 4. The number of methoxy groups -OCH3 is 1. The summed E-state index contributed by atoms with van der Waals surface area (Å²) in [6.07, 6.45) is 0.794. The molecule has 5 nitrogen and oxygen atoms in total. The Hall–Kier alpha value is -1.59. The molecule has 1 rings (SSSR count). The minimum absolute atomic E-state index is 0.00931. The van der Waals surface area contributed by atoms with Gasteiger partial charge < -0.3 is 20.5 Å². The van der Waals surface area contributed by atoms with E-state index in [0.717, 1.165) is 12.0 Å². The van der Waals surface area contributed by atoms with Crippen LogP contribution in [0, 0.1) is 0 Å². The van der Waals surface area contributed by atoms with E-state index in [-0.39, 0.29) is 18.6 Å². The number of nitrogens with two attached hydrogens (primary N) is 1. The van der Waals surface area contributed by atoms with Gasteiger partial charge in [-0.05, 0) is 31.0 Å². The van der Waals surface area contributed by atoms with Crippen LogP contribution >= 0.6 is 0 Å². The molecule has 1 atom stereocenters. The van der Waals surface area contributed by atoms with Crippen LogP contribution in [0.5, 0.6) is 5.75 Å². The zero-order valence-electron chi connectivity index (χ0n) is 11.5. The van der Waals surface area contributed by atoms with E-state index in [9.17, 15) is 4.79 Å². The number of nitrogens with one attached hydrogen (secondary N) is 1. The maximum absolute atomic E-state index is 11.5. The molecule has 0 aromatic heterocycles. The topological polar surface area (TPSA) is 73.6 Å². The van der Waals surface area contributed by atoms with Crippen LogP contribution in [-0.2, 0) is 9.53 Å². The highest BCUT2D eigenvalue weighted by molar-refractivity contribution is 5.77. The van der Waals surface area contributed by atoms with Crippen LogP contribution in [0.2, 0.25) is 0 Å². The van der Waals surface area contributed by atoms with E-state index in [1.165, 1.54) is 0 Å². The van der Waals surface area contributed by atoms with Crippen molar-refractivity contribution in [2.45, 2.75) is 19.4 Å². The van der Waals surface area contributed by atoms with Crippen molar-refractivity contribution < 1.29 is 14.3 Å². The van der Waals surface area contributed by atoms with Crippen LogP contribution in [0.15, 0.2) is 24.3 Å². The van der Waals surface area contributed by atoms with Crippen LogP contribution in [0.4, 0.5) is 0 Å². The van der Waals surface area contributed by atoms with Crippen LogP contribution < -0.4 is 15.8 Å². The lowest BCUT2D eigenvalue weighted by molar-refractivity contribution is -0.123. The number of rotatable bonds is 8. The second kappa shape index (κ2) is 8.50.